The van der Waals surface area contributed by atoms with E-state index in [1.807, 2.05) is 53.4 Å². The number of carbonyl (C=O) groups is 1. The first-order valence-electron chi connectivity index (χ1n) is 12.2. The van der Waals surface area contributed by atoms with E-state index in [2.05, 4.69) is 4.98 Å². The molecule has 1 aliphatic heterocycles. The lowest BCUT2D eigenvalue weighted by atomic mass is 9.97. The molecule has 0 fully saturated rings. The van der Waals surface area contributed by atoms with Gasteiger partial charge in [0.15, 0.2) is 0 Å². The second kappa shape index (κ2) is 10.3. The van der Waals surface area contributed by atoms with Gasteiger partial charge in [-0.25, -0.2) is 4.39 Å². The van der Waals surface area contributed by atoms with Crippen molar-refractivity contribution in [2.24, 2.45) is 0 Å². The molecular weight excluding hydrogens is 453 g/mol. The maximum Gasteiger partial charge on any atom is 0.258 e. The Balaban J connectivity index is 1.49. The molecule has 5 nitrogen and oxygen atoms in total. The third-order valence-electron chi connectivity index (χ3n) is 6.83. The van der Waals surface area contributed by atoms with E-state index >= 15 is 0 Å². The van der Waals surface area contributed by atoms with Crippen LogP contribution in [-0.2, 0) is 30.7 Å². The molecule has 0 N–H and O–H groups in total. The molecule has 2 aromatic carbocycles. The van der Waals surface area contributed by atoms with Gasteiger partial charge in [-0.15, -0.1) is 0 Å². The number of halogens is 1. The van der Waals surface area contributed by atoms with E-state index in [-0.39, 0.29) is 17.3 Å². The van der Waals surface area contributed by atoms with E-state index < -0.39 is 0 Å². The molecule has 0 radical (unpaired) electrons. The number of aromatic nitrogens is 2. The van der Waals surface area contributed by atoms with Gasteiger partial charge >= 0.3 is 0 Å². The lowest BCUT2D eigenvalue weighted by Gasteiger charge is -2.31. The average molecular weight is 482 g/mol. The van der Waals surface area contributed by atoms with Crippen molar-refractivity contribution in [2.45, 2.75) is 39.3 Å². The van der Waals surface area contributed by atoms with Gasteiger partial charge in [0.25, 0.3) is 5.56 Å². The summed E-state index contributed by atoms with van der Waals surface area (Å²) < 4.78 is 15.8. The molecule has 0 bridgehead atoms. The number of amides is 1. The van der Waals surface area contributed by atoms with E-state index in [9.17, 15) is 14.0 Å². The molecule has 0 saturated heterocycles. The quantitative estimate of drug-likeness (QED) is 0.393. The molecule has 36 heavy (non-hydrogen) atoms. The van der Waals surface area contributed by atoms with Crippen LogP contribution in [0.5, 0.6) is 0 Å². The van der Waals surface area contributed by atoms with E-state index in [1.165, 1.54) is 6.07 Å². The fraction of sp³-hybridized carbons (Fsp3) is 0.233. The SMILES string of the molecule is Cc1cc(-c2cc3c(n(Cc4cccnc4)c2=O)CCN(C(=O)CCc2ccccc2)C3)ccc1F. The number of carbonyl (C=O) groups excluding carboxylic acids is 1. The van der Waals surface area contributed by atoms with Crippen LogP contribution in [0.15, 0.2) is 83.9 Å². The summed E-state index contributed by atoms with van der Waals surface area (Å²) in [7, 11) is 0. The first kappa shape index (κ1) is 23.7. The predicted molar refractivity (Wildman–Crippen MR) is 138 cm³/mol. The van der Waals surface area contributed by atoms with Crippen LogP contribution in [0.2, 0.25) is 0 Å². The van der Waals surface area contributed by atoms with Gasteiger partial charge in [0.05, 0.1) is 6.54 Å². The molecule has 3 heterocycles. The molecule has 5 rings (SSSR count). The summed E-state index contributed by atoms with van der Waals surface area (Å²) in [6.45, 7) is 3.11. The third-order valence-corrected chi connectivity index (χ3v) is 6.83. The Morgan fingerprint density at radius 1 is 1.03 bits per heavy atom. The number of hydrogen-bond donors (Lipinski definition) is 0. The second-order valence-corrected chi connectivity index (χ2v) is 9.30. The van der Waals surface area contributed by atoms with Crippen molar-refractivity contribution in [3.05, 3.63) is 123 Å². The van der Waals surface area contributed by atoms with E-state index in [4.69, 9.17) is 0 Å². The lowest BCUT2D eigenvalue weighted by Crippen LogP contribution is -2.39. The van der Waals surface area contributed by atoms with Gasteiger partial charge in [-0.2, -0.15) is 0 Å². The second-order valence-electron chi connectivity index (χ2n) is 9.30. The van der Waals surface area contributed by atoms with Gasteiger partial charge in [-0.3, -0.25) is 14.6 Å². The molecule has 182 valence electrons. The molecule has 0 saturated carbocycles. The van der Waals surface area contributed by atoms with Crippen LogP contribution in [0.1, 0.15) is 34.4 Å². The van der Waals surface area contributed by atoms with Crippen molar-refractivity contribution < 1.29 is 9.18 Å². The molecular formula is C30H28FN3O2. The highest BCUT2D eigenvalue weighted by Crippen LogP contribution is 2.26. The van der Waals surface area contributed by atoms with Crippen LogP contribution in [0.25, 0.3) is 11.1 Å². The minimum absolute atomic E-state index is 0.105. The Labute approximate surface area is 209 Å². The first-order valence-corrected chi connectivity index (χ1v) is 12.2. The number of fused-ring (bicyclic) bond motifs is 1. The molecule has 1 aliphatic rings. The summed E-state index contributed by atoms with van der Waals surface area (Å²) in [6, 6.07) is 20.4. The predicted octanol–water partition coefficient (Wildman–Crippen LogP) is 4.92. The largest absolute Gasteiger partial charge is 0.338 e. The molecule has 1 amide bonds. The van der Waals surface area contributed by atoms with E-state index in [0.717, 1.165) is 22.4 Å². The number of aryl methyl sites for hydroxylation is 2. The Hall–Kier alpha value is -4.06. The Morgan fingerprint density at radius 2 is 1.83 bits per heavy atom. The van der Waals surface area contributed by atoms with Crippen LogP contribution in [0.3, 0.4) is 0 Å². The Bertz CT molecular complexity index is 1450. The molecule has 0 aliphatic carbocycles. The summed E-state index contributed by atoms with van der Waals surface area (Å²) >= 11 is 0. The topological polar surface area (TPSA) is 55.2 Å². The lowest BCUT2D eigenvalue weighted by molar-refractivity contribution is -0.132. The molecule has 0 spiro atoms. The zero-order chi connectivity index (χ0) is 25.1. The normalized spacial score (nSPS) is 12.9. The highest BCUT2D eigenvalue weighted by Gasteiger charge is 2.25. The molecule has 4 aromatic rings. The monoisotopic (exact) mass is 481 g/mol. The molecule has 2 aromatic heterocycles. The molecule has 0 unspecified atom stereocenters. The van der Waals surface area contributed by atoms with Crippen LogP contribution >= 0.6 is 0 Å². The van der Waals surface area contributed by atoms with Crippen LogP contribution < -0.4 is 5.56 Å². The number of rotatable bonds is 6. The fourth-order valence-electron chi connectivity index (χ4n) is 4.85. The van der Waals surface area contributed by atoms with Gasteiger partial charge in [-0.05, 0) is 65.4 Å². The summed E-state index contributed by atoms with van der Waals surface area (Å²) in [4.78, 5) is 32.8. The average Bonchev–Trinajstić information content (AvgIpc) is 2.91. The zero-order valence-electron chi connectivity index (χ0n) is 20.3. The smallest absolute Gasteiger partial charge is 0.258 e. The first-order chi connectivity index (χ1) is 17.5. The maximum atomic E-state index is 14.0. The van der Waals surface area contributed by atoms with E-state index in [1.54, 1.807) is 36.0 Å². The minimum atomic E-state index is -0.303. The number of pyridine rings is 2. The van der Waals surface area contributed by atoms with Gasteiger partial charge in [-0.1, -0.05) is 42.5 Å². The van der Waals surface area contributed by atoms with Crippen LogP contribution in [0.4, 0.5) is 4.39 Å². The van der Waals surface area contributed by atoms with Gasteiger partial charge in [0.1, 0.15) is 5.82 Å². The van der Waals surface area contributed by atoms with Gasteiger partial charge in [0.2, 0.25) is 5.91 Å². The van der Waals surface area contributed by atoms with E-state index in [0.29, 0.717) is 55.6 Å². The van der Waals surface area contributed by atoms with Crippen molar-refractivity contribution >= 4 is 5.91 Å². The molecule has 6 heteroatoms. The highest BCUT2D eigenvalue weighted by atomic mass is 19.1. The standard InChI is InChI=1S/C30H28FN3O2/c1-21-16-24(10-11-27(21)31)26-17-25-20-33(29(35)12-9-22-6-3-2-4-7-22)15-13-28(25)34(30(26)36)19-23-8-5-14-32-18-23/h2-8,10-11,14,16-18H,9,12-13,15,19-20H2,1H3. The van der Waals surface area contributed by atoms with Crippen molar-refractivity contribution in [3.63, 3.8) is 0 Å². The maximum absolute atomic E-state index is 14.0. The minimum Gasteiger partial charge on any atom is -0.338 e. The Kier molecular flexibility index (Phi) is 6.76. The van der Waals surface area contributed by atoms with Crippen molar-refractivity contribution in [1.82, 2.24) is 14.5 Å². The van der Waals surface area contributed by atoms with Gasteiger partial charge < -0.3 is 9.47 Å². The highest BCUT2D eigenvalue weighted by molar-refractivity contribution is 5.77. The van der Waals surface area contributed by atoms with Gasteiger partial charge in [0, 0.05) is 49.6 Å². The van der Waals surface area contributed by atoms with Crippen molar-refractivity contribution in [3.8, 4) is 11.1 Å². The summed E-state index contributed by atoms with van der Waals surface area (Å²) in [5, 5.41) is 0. The summed E-state index contributed by atoms with van der Waals surface area (Å²) in [5.74, 6) is -0.198. The third kappa shape index (κ3) is 4.98. The Morgan fingerprint density at radius 3 is 2.58 bits per heavy atom. The van der Waals surface area contributed by atoms with Crippen LogP contribution in [0, 0.1) is 12.7 Å². The van der Waals surface area contributed by atoms with Crippen molar-refractivity contribution in [2.75, 3.05) is 6.54 Å². The molecule has 0 atom stereocenters. The zero-order valence-corrected chi connectivity index (χ0v) is 20.3. The fourth-order valence-corrected chi connectivity index (χ4v) is 4.85. The summed E-state index contributed by atoms with van der Waals surface area (Å²) in [5.41, 5.74) is 5.52. The van der Waals surface area contributed by atoms with Crippen molar-refractivity contribution in [1.29, 1.82) is 0 Å². The van der Waals surface area contributed by atoms with Crippen LogP contribution in [-0.4, -0.2) is 26.9 Å². The summed E-state index contributed by atoms with van der Waals surface area (Å²) in [6.07, 6.45) is 5.21. The number of hydrogen-bond acceptors (Lipinski definition) is 3. The number of nitrogens with zero attached hydrogens (tertiary/aromatic N) is 3. The number of benzene rings is 2.